The first-order valence-corrected chi connectivity index (χ1v) is 7.46. The number of nitrogens with one attached hydrogen (secondary N) is 1. The maximum atomic E-state index is 12.4. The van der Waals surface area contributed by atoms with Crippen LogP contribution in [0.15, 0.2) is 18.2 Å². The van der Waals surface area contributed by atoms with Gasteiger partial charge < -0.3 is 10.2 Å². The number of hydrogen-bond donors (Lipinski definition) is 1. The Morgan fingerprint density at radius 3 is 3.00 bits per heavy atom. The topological polar surface area (TPSA) is 32.3 Å². The number of likely N-dealkylation sites (tertiary alicyclic amines) is 1. The number of amides is 1. The van der Waals surface area contributed by atoms with Gasteiger partial charge >= 0.3 is 0 Å². The van der Waals surface area contributed by atoms with Crippen LogP contribution in [-0.4, -0.2) is 37.5 Å². The Labute approximate surface area is 138 Å². The molecule has 19 heavy (non-hydrogen) atoms. The van der Waals surface area contributed by atoms with Gasteiger partial charge in [-0.2, -0.15) is 0 Å². The molecule has 1 aromatic rings. The molecule has 0 aromatic heterocycles. The molecule has 106 valence electrons. The zero-order chi connectivity index (χ0) is 13.1. The monoisotopic (exact) mass is 414 g/mol. The van der Waals surface area contributed by atoms with Gasteiger partial charge in [0, 0.05) is 21.7 Å². The minimum atomic E-state index is 0. The first kappa shape index (κ1) is 17.0. The summed E-state index contributed by atoms with van der Waals surface area (Å²) in [6, 6.07) is 5.46. The predicted octanol–water partition coefficient (Wildman–Crippen LogP) is 3.05. The number of rotatable bonds is 3. The fraction of sp³-hybridized carbons (Fsp3) is 0.462. The Bertz CT molecular complexity index is 456. The van der Waals surface area contributed by atoms with Gasteiger partial charge in [-0.05, 0) is 66.7 Å². The van der Waals surface area contributed by atoms with Gasteiger partial charge in [0.05, 0.1) is 5.56 Å². The van der Waals surface area contributed by atoms with Gasteiger partial charge in [-0.15, -0.1) is 12.4 Å². The molecule has 1 aromatic carbocycles. The standard InChI is InChI=1S/C13H16ClIN2O.ClH/c1-16-7-9-4-5-17(8-9)13(18)11-6-10(14)2-3-12(11)15;/h2-3,6,9,16H,4-5,7-8H2,1H3;1H. The number of hydrogen-bond acceptors (Lipinski definition) is 2. The van der Waals surface area contributed by atoms with Crippen molar-refractivity contribution in [3.05, 3.63) is 32.4 Å². The first-order chi connectivity index (χ1) is 8.61. The highest BCUT2D eigenvalue weighted by Gasteiger charge is 2.27. The fourth-order valence-electron chi connectivity index (χ4n) is 2.30. The Morgan fingerprint density at radius 2 is 2.32 bits per heavy atom. The van der Waals surface area contributed by atoms with Crippen LogP contribution in [0.25, 0.3) is 0 Å². The predicted molar refractivity (Wildman–Crippen MR) is 89.4 cm³/mol. The highest BCUT2D eigenvalue weighted by atomic mass is 127. The molecular weight excluding hydrogens is 398 g/mol. The molecule has 1 heterocycles. The van der Waals surface area contributed by atoms with Crippen LogP contribution < -0.4 is 5.32 Å². The summed E-state index contributed by atoms with van der Waals surface area (Å²) in [5, 5.41) is 3.78. The van der Waals surface area contributed by atoms with E-state index < -0.39 is 0 Å². The maximum Gasteiger partial charge on any atom is 0.254 e. The van der Waals surface area contributed by atoms with Crippen LogP contribution in [-0.2, 0) is 0 Å². The molecular formula is C13H17Cl2IN2O. The highest BCUT2D eigenvalue weighted by molar-refractivity contribution is 14.1. The summed E-state index contributed by atoms with van der Waals surface area (Å²) < 4.78 is 0.957. The van der Waals surface area contributed by atoms with Crippen molar-refractivity contribution in [1.82, 2.24) is 10.2 Å². The molecule has 1 atom stereocenters. The van der Waals surface area contributed by atoms with E-state index in [0.29, 0.717) is 16.5 Å². The van der Waals surface area contributed by atoms with Gasteiger partial charge in [-0.25, -0.2) is 0 Å². The largest absolute Gasteiger partial charge is 0.338 e. The summed E-state index contributed by atoms with van der Waals surface area (Å²) in [7, 11) is 1.95. The van der Waals surface area contributed by atoms with Gasteiger partial charge in [0.15, 0.2) is 0 Å². The van der Waals surface area contributed by atoms with E-state index in [1.165, 1.54) is 0 Å². The van der Waals surface area contributed by atoms with Gasteiger partial charge in [0.25, 0.3) is 5.91 Å². The normalized spacial score (nSPS) is 18.3. The molecule has 1 N–H and O–H groups in total. The quantitative estimate of drug-likeness (QED) is 0.771. The Morgan fingerprint density at radius 1 is 1.58 bits per heavy atom. The van der Waals surface area contributed by atoms with E-state index in [1.807, 2.05) is 24.1 Å². The molecule has 1 fully saturated rings. The molecule has 1 amide bonds. The average molecular weight is 415 g/mol. The third-order valence-electron chi connectivity index (χ3n) is 3.22. The molecule has 1 aliphatic rings. The third kappa shape index (κ3) is 4.21. The molecule has 0 bridgehead atoms. The van der Waals surface area contributed by atoms with Crippen LogP contribution in [0.3, 0.4) is 0 Å². The minimum absolute atomic E-state index is 0. The lowest BCUT2D eigenvalue weighted by Crippen LogP contribution is -2.30. The fourth-order valence-corrected chi connectivity index (χ4v) is 3.04. The van der Waals surface area contributed by atoms with E-state index in [-0.39, 0.29) is 18.3 Å². The van der Waals surface area contributed by atoms with Crippen LogP contribution in [0, 0.1) is 9.49 Å². The second kappa shape index (κ2) is 7.67. The van der Waals surface area contributed by atoms with Crippen molar-refractivity contribution >= 4 is 52.5 Å². The zero-order valence-electron chi connectivity index (χ0n) is 10.7. The zero-order valence-corrected chi connectivity index (χ0v) is 14.4. The van der Waals surface area contributed by atoms with Gasteiger partial charge in [0.2, 0.25) is 0 Å². The van der Waals surface area contributed by atoms with Crippen LogP contribution >= 0.6 is 46.6 Å². The van der Waals surface area contributed by atoms with E-state index in [2.05, 4.69) is 27.9 Å². The van der Waals surface area contributed by atoms with Crippen molar-refractivity contribution < 1.29 is 4.79 Å². The lowest BCUT2D eigenvalue weighted by molar-refractivity contribution is 0.0786. The molecule has 0 saturated carbocycles. The average Bonchev–Trinajstić information content (AvgIpc) is 2.80. The van der Waals surface area contributed by atoms with Crippen LogP contribution in [0.2, 0.25) is 5.02 Å². The van der Waals surface area contributed by atoms with Gasteiger partial charge in [-0.1, -0.05) is 11.6 Å². The minimum Gasteiger partial charge on any atom is -0.338 e. The summed E-state index contributed by atoms with van der Waals surface area (Å²) in [5.41, 5.74) is 0.716. The van der Waals surface area contributed by atoms with E-state index >= 15 is 0 Å². The van der Waals surface area contributed by atoms with Crippen molar-refractivity contribution in [2.75, 3.05) is 26.7 Å². The Hall–Kier alpha value is -0.0400. The van der Waals surface area contributed by atoms with Crippen molar-refractivity contribution in [3.63, 3.8) is 0 Å². The van der Waals surface area contributed by atoms with E-state index in [4.69, 9.17) is 11.6 Å². The van der Waals surface area contributed by atoms with Crippen LogP contribution in [0.4, 0.5) is 0 Å². The van der Waals surface area contributed by atoms with E-state index in [1.54, 1.807) is 6.07 Å². The smallest absolute Gasteiger partial charge is 0.254 e. The highest BCUT2D eigenvalue weighted by Crippen LogP contribution is 2.23. The third-order valence-corrected chi connectivity index (χ3v) is 4.40. The number of carbonyl (C=O) groups excluding carboxylic acids is 1. The number of halogens is 3. The lowest BCUT2D eigenvalue weighted by Gasteiger charge is -2.17. The first-order valence-electron chi connectivity index (χ1n) is 6.00. The summed E-state index contributed by atoms with van der Waals surface area (Å²) >= 11 is 8.14. The Kier molecular flexibility index (Phi) is 6.86. The SMILES string of the molecule is CNCC1CCN(C(=O)c2cc(Cl)ccc2I)C1.Cl. The maximum absolute atomic E-state index is 12.4. The molecule has 6 heteroatoms. The Balaban J connectivity index is 0.00000180. The molecule has 0 spiro atoms. The second-order valence-corrected chi connectivity index (χ2v) is 6.19. The summed E-state index contributed by atoms with van der Waals surface area (Å²) in [6.07, 6.45) is 1.07. The van der Waals surface area contributed by atoms with Gasteiger partial charge in [0.1, 0.15) is 0 Å². The van der Waals surface area contributed by atoms with Crippen molar-refractivity contribution in [2.24, 2.45) is 5.92 Å². The number of benzene rings is 1. The molecule has 0 aliphatic carbocycles. The second-order valence-electron chi connectivity index (χ2n) is 4.59. The summed E-state index contributed by atoms with van der Waals surface area (Å²) in [6.45, 7) is 2.65. The van der Waals surface area contributed by atoms with Crippen LogP contribution in [0.1, 0.15) is 16.8 Å². The van der Waals surface area contributed by atoms with Crippen molar-refractivity contribution in [1.29, 1.82) is 0 Å². The number of carbonyl (C=O) groups is 1. The molecule has 3 nitrogen and oxygen atoms in total. The van der Waals surface area contributed by atoms with Crippen molar-refractivity contribution in [3.8, 4) is 0 Å². The molecule has 0 radical (unpaired) electrons. The summed E-state index contributed by atoms with van der Waals surface area (Å²) in [5.74, 6) is 0.663. The molecule has 1 saturated heterocycles. The molecule has 1 unspecified atom stereocenters. The van der Waals surface area contributed by atoms with Crippen LogP contribution in [0.5, 0.6) is 0 Å². The van der Waals surface area contributed by atoms with E-state index in [9.17, 15) is 4.79 Å². The van der Waals surface area contributed by atoms with Crippen molar-refractivity contribution in [2.45, 2.75) is 6.42 Å². The molecule has 2 rings (SSSR count). The lowest BCUT2D eigenvalue weighted by atomic mass is 10.1. The number of nitrogens with zero attached hydrogens (tertiary/aromatic N) is 1. The summed E-state index contributed by atoms with van der Waals surface area (Å²) in [4.78, 5) is 14.3. The molecule has 1 aliphatic heterocycles. The van der Waals surface area contributed by atoms with E-state index in [0.717, 1.165) is 29.6 Å². The van der Waals surface area contributed by atoms with Gasteiger partial charge in [-0.3, -0.25) is 4.79 Å².